The average Bonchev–Trinajstić information content (AvgIpc) is 3.40. The third-order valence-corrected chi connectivity index (χ3v) is 6.87. The Bertz CT molecular complexity index is 1650. The highest BCUT2D eigenvalue weighted by atomic mass is 16.5. The molecule has 4 aromatic heterocycles. The van der Waals surface area contributed by atoms with Crippen molar-refractivity contribution in [2.75, 3.05) is 43.9 Å². The van der Waals surface area contributed by atoms with Crippen LogP contribution in [0.5, 0.6) is 0 Å². The molecular formula is C28H29N9O2. The third-order valence-electron chi connectivity index (χ3n) is 6.87. The number of morpholine rings is 1. The van der Waals surface area contributed by atoms with Gasteiger partial charge in [-0.1, -0.05) is 12.1 Å². The number of benzene rings is 1. The normalized spacial score (nSPS) is 14.1. The van der Waals surface area contributed by atoms with Crippen LogP contribution in [0, 0.1) is 0 Å². The molecule has 0 saturated carbocycles. The maximum atomic E-state index is 13.7. The van der Waals surface area contributed by atoms with E-state index in [0.29, 0.717) is 29.0 Å². The highest BCUT2D eigenvalue weighted by Gasteiger charge is 2.16. The maximum Gasteiger partial charge on any atom is 0.262 e. The van der Waals surface area contributed by atoms with Crippen LogP contribution in [0.2, 0.25) is 0 Å². The molecule has 1 aliphatic rings. The van der Waals surface area contributed by atoms with E-state index in [1.807, 2.05) is 62.0 Å². The number of aromatic nitrogens is 6. The van der Waals surface area contributed by atoms with Gasteiger partial charge in [-0.15, -0.1) is 0 Å². The van der Waals surface area contributed by atoms with E-state index >= 15 is 0 Å². The Balaban J connectivity index is 1.37. The molecule has 0 radical (unpaired) electrons. The van der Waals surface area contributed by atoms with Crippen LogP contribution in [0.25, 0.3) is 33.2 Å². The first-order chi connectivity index (χ1) is 19.0. The van der Waals surface area contributed by atoms with Gasteiger partial charge in [-0.25, -0.2) is 15.0 Å². The Morgan fingerprint density at radius 2 is 1.74 bits per heavy atom. The lowest BCUT2D eigenvalue weighted by atomic mass is 10.1. The molecule has 11 nitrogen and oxygen atoms in total. The molecule has 3 N–H and O–H groups in total. The molecule has 11 heteroatoms. The second-order valence-electron chi connectivity index (χ2n) is 9.52. The van der Waals surface area contributed by atoms with Gasteiger partial charge in [-0.05, 0) is 35.2 Å². The van der Waals surface area contributed by atoms with E-state index in [1.54, 1.807) is 21.6 Å². The van der Waals surface area contributed by atoms with Crippen LogP contribution in [-0.2, 0) is 18.3 Å². The Labute approximate surface area is 224 Å². The van der Waals surface area contributed by atoms with E-state index in [9.17, 15) is 4.79 Å². The van der Waals surface area contributed by atoms with Crippen LogP contribution in [-0.4, -0.2) is 67.0 Å². The Morgan fingerprint density at radius 1 is 0.974 bits per heavy atom. The van der Waals surface area contributed by atoms with Gasteiger partial charge in [0, 0.05) is 74.8 Å². The van der Waals surface area contributed by atoms with Crippen LogP contribution < -0.4 is 16.6 Å². The maximum absolute atomic E-state index is 13.7. The summed E-state index contributed by atoms with van der Waals surface area (Å²) >= 11 is 0. The summed E-state index contributed by atoms with van der Waals surface area (Å²) in [5.41, 5.74) is 9.83. The van der Waals surface area contributed by atoms with Gasteiger partial charge in [0.25, 0.3) is 5.56 Å². The summed E-state index contributed by atoms with van der Waals surface area (Å²) in [6.45, 7) is 4.56. The zero-order valence-electron chi connectivity index (χ0n) is 21.6. The van der Waals surface area contributed by atoms with Gasteiger partial charge in [0.05, 0.1) is 30.5 Å². The molecule has 0 amide bonds. The van der Waals surface area contributed by atoms with Crippen molar-refractivity contribution >= 4 is 28.2 Å². The van der Waals surface area contributed by atoms with Crippen LogP contribution in [0.15, 0.2) is 72.2 Å². The number of nitrogens with zero attached hydrogens (tertiary/aromatic N) is 7. The minimum Gasteiger partial charge on any atom is -0.379 e. The van der Waals surface area contributed by atoms with E-state index in [4.69, 9.17) is 15.5 Å². The van der Waals surface area contributed by atoms with E-state index in [1.165, 1.54) is 0 Å². The summed E-state index contributed by atoms with van der Waals surface area (Å²) < 4.78 is 8.97. The van der Waals surface area contributed by atoms with Crippen LogP contribution in [0.1, 0.15) is 0 Å². The Morgan fingerprint density at radius 3 is 2.46 bits per heavy atom. The number of hydrogen-bond acceptors (Lipinski definition) is 9. The predicted molar refractivity (Wildman–Crippen MR) is 151 cm³/mol. The molecule has 0 aliphatic carbocycles. The van der Waals surface area contributed by atoms with Gasteiger partial charge in [0.15, 0.2) is 0 Å². The Kier molecular flexibility index (Phi) is 6.74. The van der Waals surface area contributed by atoms with Crippen molar-refractivity contribution in [1.82, 2.24) is 34.2 Å². The molecule has 1 aliphatic heterocycles. The average molecular weight is 524 g/mol. The monoisotopic (exact) mass is 523 g/mol. The van der Waals surface area contributed by atoms with Gasteiger partial charge in [-0.3, -0.25) is 14.4 Å². The van der Waals surface area contributed by atoms with Crippen LogP contribution in [0.3, 0.4) is 0 Å². The number of nitrogens with one attached hydrogen (secondary N) is 1. The topological polar surface area (TPSA) is 129 Å². The highest BCUT2D eigenvalue weighted by Crippen LogP contribution is 2.29. The molecule has 39 heavy (non-hydrogen) atoms. The summed E-state index contributed by atoms with van der Waals surface area (Å²) in [7, 11) is 1.89. The number of rotatable bonds is 7. The lowest BCUT2D eigenvalue weighted by Gasteiger charge is -2.26. The van der Waals surface area contributed by atoms with Crippen LogP contribution >= 0.6 is 0 Å². The fraction of sp³-hybridized carbons (Fsp3) is 0.250. The zero-order valence-corrected chi connectivity index (χ0v) is 21.6. The van der Waals surface area contributed by atoms with E-state index in [2.05, 4.69) is 25.3 Å². The molecule has 6 rings (SSSR count). The van der Waals surface area contributed by atoms with E-state index in [-0.39, 0.29) is 11.5 Å². The molecule has 5 aromatic rings. The minimum absolute atomic E-state index is 0.0946. The number of ether oxygens (including phenoxy) is 1. The molecular weight excluding hydrogens is 494 g/mol. The number of nitrogens with two attached hydrogens (primary N) is 1. The zero-order chi connectivity index (χ0) is 26.8. The van der Waals surface area contributed by atoms with Crippen molar-refractivity contribution in [1.29, 1.82) is 0 Å². The minimum atomic E-state index is -0.0946. The summed E-state index contributed by atoms with van der Waals surface area (Å²) in [6.07, 6.45) is 8.91. The van der Waals surface area contributed by atoms with Crippen molar-refractivity contribution in [2.45, 2.75) is 6.54 Å². The lowest BCUT2D eigenvalue weighted by Crippen LogP contribution is -2.39. The molecule has 0 unspecified atom stereocenters. The molecule has 1 fully saturated rings. The summed E-state index contributed by atoms with van der Waals surface area (Å²) in [5, 5.41) is 8.94. The SMILES string of the molecule is Cn1cc(-c2ccc(Nc3nc(-c4cnc(N)nc4)cc4ccn(CCN5CCOCC5)c(=O)c34)cc2)cn1. The summed E-state index contributed by atoms with van der Waals surface area (Å²) in [4.78, 5) is 29.1. The largest absolute Gasteiger partial charge is 0.379 e. The second kappa shape index (κ2) is 10.6. The molecule has 0 atom stereocenters. The van der Waals surface area contributed by atoms with Crippen molar-refractivity contribution < 1.29 is 4.74 Å². The molecule has 0 bridgehead atoms. The molecule has 1 aromatic carbocycles. The third kappa shape index (κ3) is 5.35. The van der Waals surface area contributed by atoms with E-state index in [0.717, 1.165) is 55.0 Å². The first-order valence-corrected chi connectivity index (χ1v) is 12.8. The van der Waals surface area contributed by atoms with Crippen molar-refractivity contribution in [2.24, 2.45) is 7.05 Å². The summed E-state index contributed by atoms with van der Waals surface area (Å²) in [6, 6.07) is 11.8. The van der Waals surface area contributed by atoms with Gasteiger partial charge < -0.3 is 20.4 Å². The van der Waals surface area contributed by atoms with Crippen molar-refractivity contribution in [3.05, 3.63) is 77.7 Å². The second-order valence-corrected chi connectivity index (χ2v) is 9.52. The van der Waals surface area contributed by atoms with Gasteiger partial charge in [-0.2, -0.15) is 5.10 Å². The standard InChI is InChI=1S/C28H29N9O2/c1-35-18-22(17-32-35)19-2-4-23(5-3-19)33-26-25-20(14-24(34-26)21-15-30-28(29)31-16-21)6-7-37(27(25)38)9-8-36-10-12-39-13-11-36/h2-7,14-18H,8-13H2,1H3,(H,33,34)(H2,29,30,31). The van der Waals surface area contributed by atoms with E-state index < -0.39 is 0 Å². The number of hydrogen-bond donors (Lipinski definition) is 2. The molecule has 198 valence electrons. The van der Waals surface area contributed by atoms with Gasteiger partial charge >= 0.3 is 0 Å². The Hall–Kier alpha value is -4.61. The lowest BCUT2D eigenvalue weighted by molar-refractivity contribution is 0.0363. The molecule has 0 spiro atoms. The quantitative estimate of drug-likeness (QED) is 0.331. The van der Waals surface area contributed by atoms with Crippen molar-refractivity contribution in [3.63, 3.8) is 0 Å². The number of pyridine rings is 2. The number of nitrogen functional groups attached to an aromatic ring is 1. The first kappa shape index (κ1) is 24.7. The highest BCUT2D eigenvalue weighted by molar-refractivity contribution is 5.95. The number of fused-ring (bicyclic) bond motifs is 1. The predicted octanol–water partition coefficient (Wildman–Crippen LogP) is 2.91. The first-order valence-electron chi connectivity index (χ1n) is 12.8. The van der Waals surface area contributed by atoms with Crippen LogP contribution in [0.4, 0.5) is 17.5 Å². The fourth-order valence-electron chi connectivity index (χ4n) is 4.71. The summed E-state index contributed by atoms with van der Waals surface area (Å²) in [5.74, 6) is 0.661. The molecule has 1 saturated heterocycles. The molecule has 5 heterocycles. The van der Waals surface area contributed by atoms with Gasteiger partial charge in [0.2, 0.25) is 5.95 Å². The van der Waals surface area contributed by atoms with Gasteiger partial charge in [0.1, 0.15) is 5.82 Å². The smallest absolute Gasteiger partial charge is 0.262 e. The van der Waals surface area contributed by atoms with Crippen molar-refractivity contribution in [3.8, 4) is 22.4 Å². The number of aryl methyl sites for hydroxylation is 1. The number of anilines is 3. The fourth-order valence-corrected chi connectivity index (χ4v) is 4.71.